The molecule has 122 valence electrons. The van der Waals surface area contributed by atoms with Gasteiger partial charge in [-0.05, 0) is 13.8 Å². The van der Waals surface area contributed by atoms with Crippen LogP contribution in [0.1, 0.15) is 43.9 Å². The predicted octanol–water partition coefficient (Wildman–Crippen LogP) is 2.40. The highest BCUT2D eigenvalue weighted by molar-refractivity contribution is 7.89. The maximum atomic E-state index is 12.6. The third kappa shape index (κ3) is 3.07. The molecular weight excluding hydrogens is 306 g/mol. The second kappa shape index (κ2) is 5.51. The Balaban J connectivity index is 2.25. The molecule has 0 unspecified atom stereocenters. The average molecular weight is 327 g/mol. The van der Waals surface area contributed by atoms with Gasteiger partial charge in [-0.2, -0.15) is 4.31 Å². The van der Waals surface area contributed by atoms with E-state index < -0.39 is 10.0 Å². The monoisotopic (exact) mass is 327 g/mol. The minimum Gasteiger partial charge on any atom is -0.444 e. The van der Waals surface area contributed by atoms with Crippen molar-refractivity contribution in [1.82, 2.24) is 14.4 Å². The van der Waals surface area contributed by atoms with E-state index >= 15 is 0 Å². The van der Waals surface area contributed by atoms with Gasteiger partial charge < -0.3 is 8.94 Å². The molecule has 7 nitrogen and oxygen atoms in total. The Morgan fingerprint density at radius 3 is 2.36 bits per heavy atom. The Hall–Kier alpha value is -1.67. The summed E-state index contributed by atoms with van der Waals surface area (Å²) in [5.41, 5.74) is 0.164. The summed E-state index contributed by atoms with van der Waals surface area (Å²) in [6.07, 6.45) is 1.63. The van der Waals surface area contributed by atoms with Crippen molar-refractivity contribution in [3.05, 3.63) is 29.3 Å². The van der Waals surface area contributed by atoms with Gasteiger partial charge in [-0.1, -0.05) is 25.9 Å². The van der Waals surface area contributed by atoms with Crippen LogP contribution in [0.25, 0.3) is 0 Å². The highest BCUT2D eigenvalue weighted by Gasteiger charge is 2.30. The molecule has 0 amide bonds. The molecule has 2 aromatic heterocycles. The predicted molar refractivity (Wildman–Crippen MR) is 79.8 cm³/mol. The van der Waals surface area contributed by atoms with Crippen LogP contribution in [0, 0.1) is 13.8 Å². The van der Waals surface area contributed by atoms with E-state index in [0.717, 1.165) is 0 Å². The van der Waals surface area contributed by atoms with Crippen LogP contribution >= 0.6 is 0 Å². The van der Waals surface area contributed by atoms with Gasteiger partial charge in [-0.15, -0.1) is 0 Å². The van der Waals surface area contributed by atoms with E-state index in [1.54, 1.807) is 20.0 Å². The quantitative estimate of drug-likeness (QED) is 0.856. The first-order valence-electron chi connectivity index (χ1n) is 6.88. The highest BCUT2D eigenvalue weighted by Crippen LogP contribution is 2.26. The molecule has 8 heteroatoms. The molecule has 0 bridgehead atoms. The van der Waals surface area contributed by atoms with Gasteiger partial charge in [0.25, 0.3) is 0 Å². The summed E-state index contributed by atoms with van der Waals surface area (Å²) in [6, 6.07) is 0. The fraction of sp³-hybridized carbons (Fsp3) is 0.571. The lowest BCUT2D eigenvalue weighted by Gasteiger charge is -2.16. The molecule has 0 aromatic carbocycles. The fourth-order valence-corrected chi connectivity index (χ4v) is 3.41. The summed E-state index contributed by atoms with van der Waals surface area (Å²) >= 11 is 0. The van der Waals surface area contributed by atoms with Crippen LogP contribution < -0.4 is 0 Å². The van der Waals surface area contributed by atoms with Crippen molar-refractivity contribution >= 4 is 10.0 Å². The largest absolute Gasteiger partial charge is 0.444 e. The molecule has 2 heterocycles. The summed E-state index contributed by atoms with van der Waals surface area (Å²) in [7, 11) is -2.23. The van der Waals surface area contributed by atoms with Crippen molar-refractivity contribution in [3.8, 4) is 0 Å². The molecule has 0 fully saturated rings. The van der Waals surface area contributed by atoms with Crippen LogP contribution in [-0.4, -0.2) is 29.9 Å². The second-order valence-corrected chi connectivity index (χ2v) is 8.26. The summed E-state index contributed by atoms with van der Waals surface area (Å²) in [6.45, 7) is 9.22. The number of rotatable bonds is 4. The van der Waals surface area contributed by atoms with Gasteiger partial charge in [0.1, 0.15) is 16.3 Å². The molecule has 22 heavy (non-hydrogen) atoms. The van der Waals surface area contributed by atoms with E-state index in [4.69, 9.17) is 8.94 Å². The van der Waals surface area contributed by atoms with Gasteiger partial charge in [-0.25, -0.2) is 13.4 Å². The van der Waals surface area contributed by atoms with Gasteiger partial charge in [0.05, 0.1) is 12.7 Å². The summed E-state index contributed by atoms with van der Waals surface area (Å²) in [4.78, 5) is 4.25. The zero-order valence-corrected chi connectivity index (χ0v) is 14.5. The van der Waals surface area contributed by atoms with Crippen molar-refractivity contribution < 1.29 is 17.4 Å². The Morgan fingerprint density at radius 2 is 1.91 bits per heavy atom. The molecule has 0 N–H and O–H groups in total. The molecule has 0 atom stereocenters. The topological polar surface area (TPSA) is 89.4 Å². The van der Waals surface area contributed by atoms with Crippen LogP contribution in [0.3, 0.4) is 0 Å². The Morgan fingerprint density at radius 1 is 1.27 bits per heavy atom. The number of hydrogen-bond donors (Lipinski definition) is 0. The molecule has 0 saturated carbocycles. The number of sulfonamides is 1. The lowest BCUT2D eigenvalue weighted by Crippen LogP contribution is -2.27. The third-order valence-electron chi connectivity index (χ3n) is 3.29. The van der Waals surface area contributed by atoms with Crippen molar-refractivity contribution in [2.75, 3.05) is 7.05 Å². The maximum absolute atomic E-state index is 12.6. The maximum Gasteiger partial charge on any atom is 0.248 e. The van der Waals surface area contributed by atoms with E-state index in [1.165, 1.54) is 11.4 Å². The second-order valence-electron chi connectivity index (χ2n) is 6.28. The lowest BCUT2D eigenvalue weighted by atomic mass is 9.94. The Labute approximate surface area is 130 Å². The molecule has 0 saturated heterocycles. The summed E-state index contributed by atoms with van der Waals surface area (Å²) in [5.74, 6) is 1.33. The molecule has 2 rings (SSSR count). The summed E-state index contributed by atoms with van der Waals surface area (Å²) in [5, 5.41) is 3.69. The Kier molecular flexibility index (Phi) is 4.18. The molecule has 0 spiro atoms. The van der Waals surface area contributed by atoms with Gasteiger partial charge >= 0.3 is 0 Å². The van der Waals surface area contributed by atoms with Crippen molar-refractivity contribution in [1.29, 1.82) is 0 Å². The number of oxazole rings is 1. The standard InChI is InChI=1S/C14H21N3O4S/c1-9-13(10(2)21-16-9)22(18,19)17(6)8-12-15-7-11(20-12)14(3,4)5/h7H,8H2,1-6H3. The van der Waals surface area contributed by atoms with Crippen LogP contribution in [0.2, 0.25) is 0 Å². The van der Waals surface area contributed by atoms with Crippen molar-refractivity contribution in [2.24, 2.45) is 0 Å². The first kappa shape index (κ1) is 16.7. The van der Waals surface area contributed by atoms with E-state index in [9.17, 15) is 8.42 Å². The summed E-state index contributed by atoms with van der Waals surface area (Å²) < 4.78 is 36.9. The van der Waals surface area contributed by atoms with Crippen molar-refractivity contribution in [3.63, 3.8) is 0 Å². The van der Waals surface area contributed by atoms with Crippen molar-refractivity contribution in [2.45, 2.75) is 51.5 Å². The fourth-order valence-electron chi connectivity index (χ4n) is 2.00. The number of aromatic nitrogens is 2. The van der Waals surface area contributed by atoms with Crippen LogP contribution in [0.5, 0.6) is 0 Å². The first-order valence-corrected chi connectivity index (χ1v) is 8.32. The van der Waals surface area contributed by atoms with E-state index in [2.05, 4.69) is 10.1 Å². The minimum absolute atomic E-state index is 0.0441. The van der Waals surface area contributed by atoms with Gasteiger partial charge in [0.15, 0.2) is 5.76 Å². The van der Waals surface area contributed by atoms with Crippen LogP contribution in [0.4, 0.5) is 0 Å². The van der Waals surface area contributed by atoms with E-state index in [0.29, 0.717) is 17.3 Å². The van der Waals surface area contributed by atoms with E-state index in [-0.39, 0.29) is 22.6 Å². The van der Waals surface area contributed by atoms with Gasteiger partial charge in [0, 0.05) is 12.5 Å². The van der Waals surface area contributed by atoms with Gasteiger partial charge in [0.2, 0.25) is 15.9 Å². The van der Waals surface area contributed by atoms with Crippen LogP contribution in [-0.2, 0) is 22.0 Å². The number of nitrogens with zero attached hydrogens (tertiary/aromatic N) is 3. The molecular formula is C14H21N3O4S. The number of aryl methyl sites for hydroxylation is 2. The number of hydrogen-bond acceptors (Lipinski definition) is 6. The molecule has 0 aliphatic rings. The molecule has 0 radical (unpaired) electrons. The van der Waals surface area contributed by atoms with E-state index in [1.807, 2.05) is 20.8 Å². The zero-order chi connectivity index (χ0) is 16.7. The zero-order valence-electron chi connectivity index (χ0n) is 13.7. The normalized spacial score (nSPS) is 13.0. The average Bonchev–Trinajstić information content (AvgIpc) is 2.96. The van der Waals surface area contributed by atoms with Gasteiger partial charge in [-0.3, -0.25) is 0 Å². The molecule has 2 aromatic rings. The first-order chi connectivity index (χ1) is 10.0. The molecule has 0 aliphatic heterocycles. The minimum atomic E-state index is -3.70. The molecule has 0 aliphatic carbocycles. The third-order valence-corrected chi connectivity index (χ3v) is 5.34. The van der Waals surface area contributed by atoms with Crippen LogP contribution in [0.15, 0.2) is 20.0 Å². The smallest absolute Gasteiger partial charge is 0.248 e. The lowest BCUT2D eigenvalue weighted by molar-refractivity contribution is 0.347. The Bertz CT molecular complexity index is 749. The highest BCUT2D eigenvalue weighted by atomic mass is 32.2. The SMILES string of the molecule is Cc1noc(C)c1S(=O)(=O)N(C)Cc1ncc(C(C)(C)C)o1.